The molecule has 2 N–H and O–H groups in total. The van der Waals surface area contributed by atoms with Gasteiger partial charge in [-0.25, -0.2) is 0 Å². The summed E-state index contributed by atoms with van der Waals surface area (Å²) in [5.41, 5.74) is 0. The number of hydrogen-bond donors (Lipinski definition) is 2. The van der Waals surface area contributed by atoms with Crippen LogP contribution in [-0.2, 0) is 9.47 Å². The third-order valence-electron chi connectivity index (χ3n) is 4.80. The molecule has 0 spiro atoms. The average Bonchev–Trinajstić information content (AvgIpc) is 3.05. The summed E-state index contributed by atoms with van der Waals surface area (Å²) in [6.45, 7) is 6.66. The standard InChI is InChI=1S/C18H35N3O2S/c1-3-24-17-6-5-16(13-17)21-18(19-2)20-9-4-10-23-14-15-7-11-22-12-8-15/h15-17H,3-14H2,1-2H3,(H2,19,20,21). The monoisotopic (exact) mass is 357 g/mol. The van der Waals surface area contributed by atoms with Gasteiger partial charge in [-0.15, -0.1) is 0 Å². The second kappa shape index (κ2) is 12.0. The van der Waals surface area contributed by atoms with Crippen molar-refractivity contribution in [3.05, 3.63) is 0 Å². The maximum absolute atomic E-state index is 5.80. The van der Waals surface area contributed by atoms with Gasteiger partial charge in [-0.1, -0.05) is 6.92 Å². The van der Waals surface area contributed by atoms with Gasteiger partial charge in [0.25, 0.3) is 0 Å². The molecule has 1 saturated heterocycles. The number of guanidine groups is 1. The van der Waals surface area contributed by atoms with Gasteiger partial charge >= 0.3 is 0 Å². The fraction of sp³-hybridized carbons (Fsp3) is 0.944. The van der Waals surface area contributed by atoms with E-state index in [9.17, 15) is 0 Å². The van der Waals surface area contributed by atoms with Gasteiger partial charge in [0.15, 0.2) is 5.96 Å². The molecular weight excluding hydrogens is 322 g/mol. The third kappa shape index (κ3) is 7.62. The van der Waals surface area contributed by atoms with Crippen molar-refractivity contribution in [2.24, 2.45) is 10.9 Å². The van der Waals surface area contributed by atoms with Crippen molar-refractivity contribution in [2.75, 3.05) is 45.8 Å². The van der Waals surface area contributed by atoms with E-state index in [2.05, 4.69) is 34.3 Å². The molecule has 0 radical (unpaired) electrons. The fourth-order valence-electron chi connectivity index (χ4n) is 3.39. The van der Waals surface area contributed by atoms with Crippen molar-refractivity contribution in [3.63, 3.8) is 0 Å². The highest BCUT2D eigenvalue weighted by Crippen LogP contribution is 2.29. The summed E-state index contributed by atoms with van der Waals surface area (Å²) in [6.07, 6.45) is 7.15. The van der Waals surface area contributed by atoms with E-state index in [0.717, 1.165) is 63.4 Å². The average molecular weight is 358 g/mol. The summed E-state index contributed by atoms with van der Waals surface area (Å²) in [7, 11) is 1.85. The molecule has 0 aromatic heterocycles. The van der Waals surface area contributed by atoms with Crippen LogP contribution in [0.2, 0.25) is 0 Å². The highest BCUT2D eigenvalue weighted by atomic mass is 32.2. The Kier molecular flexibility index (Phi) is 9.92. The summed E-state index contributed by atoms with van der Waals surface area (Å²) in [4.78, 5) is 4.35. The first kappa shape index (κ1) is 19.9. The van der Waals surface area contributed by atoms with Crippen LogP contribution in [0.3, 0.4) is 0 Å². The second-order valence-corrected chi connectivity index (χ2v) is 8.29. The molecule has 140 valence electrons. The Morgan fingerprint density at radius 2 is 2.08 bits per heavy atom. The van der Waals surface area contributed by atoms with Gasteiger partial charge in [0.2, 0.25) is 0 Å². The number of hydrogen-bond acceptors (Lipinski definition) is 4. The zero-order chi connectivity index (χ0) is 17.0. The van der Waals surface area contributed by atoms with E-state index in [1.54, 1.807) is 0 Å². The van der Waals surface area contributed by atoms with Gasteiger partial charge in [0, 0.05) is 51.3 Å². The Morgan fingerprint density at radius 3 is 2.83 bits per heavy atom. The second-order valence-electron chi connectivity index (χ2n) is 6.71. The lowest BCUT2D eigenvalue weighted by Crippen LogP contribution is -2.43. The fourth-order valence-corrected chi connectivity index (χ4v) is 4.53. The molecule has 0 bridgehead atoms. The van der Waals surface area contributed by atoms with E-state index in [4.69, 9.17) is 9.47 Å². The molecule has 2 atom stereocenters. The zero-order valence-corrected chi connectivity index (χ0v) is 16.2. The molecule has 2 rings (SSSR count). The van der Waals surface area contributed by atoms with Gasteiger partial charge < -0.3 is 20.1 Å². The van der Waals surface area contributed by atoms with Crippen molar-refractivity contribution >= 4 is 17.7 Å². The highest BCUT2D eigenvalue weighted by molar-refractivity contribution is 7.99. The van der Waals surface area contributed by atoms with E-state index in [0.29, 0.717) is 12.0 Å². The molecule has 1 heterocycles. The lowest BCUT2D eigenvalue weighted by molar-refractivity contribution is 0.0203. The van der Waals surface area contributed by atoms with Crippen molar-refractivity contribution in [1.29, 1.82) is 0 Å². The van der Waals surface area contributed by atoms with Crippen LogP contribution in [0.5, 0.6) is 0 Å². The number of aliphatic imine (C=N–C) groups is 1. The largest absolute Gasteiger partial charge is 0.381 e. The Labute approximate surface area is 151 Å². The molecular formula is C18H35N3O2S. The number of ether oxygens (including phenoxy) is 2. The first-order chi connectivity index (χ1) is 11.8. The molecule has 1 aliphatic heterocycles. The molecule has 0 amide bonds. The van der Waals surface area contributed by atoms with Crippen molar-refractivity contribution in [2.45, 2.75) is 56.7 Å². The number of nitrogens with one attached hydrogen (secondary N) is 2. The molecule has 6 heteroatoms. The zero-order valence-electron chi connectivity index (χ0n) is 15.4. The Morgan fingerprint density at radius 1 is 1.25 bits per heavy atom. The smallest absolute Gasteiger partial charge is 0.191 e. The molecule has 1 saturated carbocycles. The minimum absolute atomic E-state index is 0.574. The summed E-state index contributed by atoms with van der Waals surface area (Å²) in [5, 5.41) is 7.80. The lowest BCUT2D eigenvalue weighted by atomic mass is 10.0. The Bertz CT molecular complexity index is 362. The van der Waals surface area contributed by atoms with Crippen LogP contribution >= 0.6 is 11.8 Å². The van der Waals surface area contributed by atoms with E-state index in [1.807, 2.05) is 7.05 Å². The quantitative estimate of drug-likeness (QED) is 0.377. The van der Waals surface area contributed by atoms with Crippen molar-refractivity contribution in [1.82, 2.24) is 10.6 Å². The first-order valence-electron chi connectivity index (χ1n) is 9.56. The van der Waals surface area contributed by atoms with Crippen LogP contribution in [0.4, 0.5) is 0 Å². The van der Waals surface area contributed by atoms with Crippen LogP contribution in [0.1, 0.15) is 45.4 Å². The summed E-state index contributed by atoms with van der Waals surface area (Å²) < 4.78 is 11.2. The van der Waals surface area contributed by atoms with Crippen molar-refractivity contribution in [3.8, 4) is 0 Å². The summed E-state index contributed by atoms with van der Waals surface area (Å²) >= 11 is 2.09. The SMILES string of the molecule is CCSC1CCC(NC(=NC)NCCCOCC2CCOCC2)C1. The predicted molar refractivity (Wildman–Crippen MR) is 103 cm³/mol. The lowest BCUT2D eigenvalue weighted by Gasteiger charge is -2.21. The van der Waals surface area contributed by atoms with Crippen LogP contribution < -0.4 is 10.6 Å². The van der Waals surface area contributed by atoms with Gasteiger partial charge in [-0.3, -0.25) is 4.99 Å². The van der Waals surface area contributed by atoms with Crippen molar-refractivity contribution < 1.29 is 9.47 Å². The van der Waals surface area contributed by atoms with Gasteiger partial charge in [-0.05, 0) is 50.2 Å². The predicted octanol–water partition coefficient (Wildman–Crippen LogP) is 2.66. The number of rotatable bonds is 9. The van der Waals surface area contributed by atoms with Gasteiger partial charge in [0.05, 0.1) is 0 Å². The van der Waals surface area contributed by atoms with Crippen LogP contribution in [-0.4, -0.2) is 63.0 Å². The van der Waals surface area contributed by atoms with Gasteiger partial charge in [0.1, 0.15) is 0 Å². The minimum Gasteiger partial charge on any atom is -0.381 e. The molecule has 5 nitrogen and oxygen atoms in total. The molecule has 1 aliphatic carbocycles. The molecule has 0 aromatic carbocycles. The summed E-state index contributed by atoms with van der Waals surface area (Å²) in [6, 6.07) is 0.574. The maximum atomic E-state index is 5.80. The molecule has 24 heavy (non-hydrogen) atoms. The van der Waals surface area contributed by atoms with Crippen LogP contribution in [0, 0.1) is 5.92 Å². The Balaban J connectivity index is 1.49. The van der Waals surface area contributed by atoms with E-state index >= 15 is 0 Å². The topological polar surface area (TPSA) is 54.9 Å². The molecule has 0 aromatic rings. The normalized spacial score (nSPS) is 25.8. The van der Waals surface area contributed by atoms with Crippen LogP contribution in [0.25, 0.3) is 0 Å². The van der Waals surface area contributed by atoms with Crippen LogP contribution in [0.15, 0.2) is 4.99 Å². The molecule has 2 fully saturated rings. The number of nitrogens with zero attached hydrogens (tertiary/aromatic N) is 1. The minimum atomic E-state index is 0.574. The Hall–Kier alpha value is -0.460. The first-order valence-corrected chi connectivity index (χ1v) is 10.6. The third-order valence-corrected chi connectivity index (χ3v) is 6.04. The molecule has 2 unspecified atom stereocenters. The van der Waals surface area contributed by atoms with E-state index < -0.39 is 0 Å². The summed E-state index contributed by atoms with van der Waals surface area (Å²) in [5.74, 6) is 2.85. The van der Waals surface area contributed by atoms with Gasteiger partial charge in [-0.2, -0.15) is 11.8 Å². The maximum Gasteiger partial charge on any atom is 0.191 e. The van der Waals surface area contributed by atoms with E-state index in [1.165, 1.54) is 25.0 Å². The number of thioether (sulfide) groups is 1. The van der Waals surface area contributed by atoms with E-state index in [-0.39, 0.29) is 0 Å². The highest BCUT2D eigenvalue weighted by Gasteiger charge is 2.24. The molecule has 2 aliphatic rings.